The number of nitrogens with zero attached hydrogens (tertiary/aromatic N) is 1. The predicted octanol–water partition coefficient (Wildman–Crippen LogP) is 5.36. The van der Waals surface area contributed by atoms with E-state index in [1.54, 1.807) is 6.20 Å². The van der Waals surface area contributed by atoms with Crippen molar-refractivity contribution in [3.63, 3.8) is 0 Å². The lowest BCUT2D eigenvalue weighted by atomic mass is 10.1. The van der Waals surface area contributed by atoms with Gasteiger partial charge in [-0.25, -0.2) is 4.98 Å². The molecule has 0 radical (unpaired) electrons. The first kappa shape index (κ1) is 13.7. The zero-order chi connectivity index (χ0) is 15.0. The summed E-state index contributed by atoms with van der Waals surface area (Å²) in [5.74, 6) is 2.59. The van der Waals surface area contributed by atoms with Crippen LogP contribution < -0.4 is 4.74 Å². The normalized spacial score (nSPS) is 11.3. The van der Waals surface area contributed by atoms with E-state index in [0.717, 1.165) is 16.9 Å². The van der Waals surface area contributed by atoms with E-state index in [-0.39, 0.29) is 0 Å². The number of furan rings is 1. The van der Waals surface area contributed by atoms with Gasteiger partial charge in [-0.2, -0.15) is 0 Å². The smallest absolute Gasteiger partial charge is 0.263 e. The summed E-state index contributed by atoms with van der Waals surface area (Å²) in [5, 5.41) is 1.02. The average Bonchev–Trinajstić information content (AvgIpc) is 2.82. The second kappa shape index (κ2) is 5.24. The fraction of sp³-hybridized carbons (Fsp3) is 0.278. The molecule has 0 saturated carbocycles. The molecule has 3 nitrogen and oxygen atoms in total. The van der Waals surface area contributed by atoms with E-state index in [2.05, 4.69) is 44.8 Å². The zero-order valence-corrected chi connectivity index (χ0v) is 12.8. The van der Waals surface area contributed by atoms with Gasteiger partial charge >= 0.3 is 0 Å². The number of hydrogen-bond acceptors (Lipinski definition) is 3. The molecule has 108 valence electrons. The van der Waals surface area contributed by atoms with Crippen LogP contribution in [0.2, 0.25) is 0 Å². The zero-order valence-electron chi connectivity index (χ0n) is 12.8. The lowest BCUT2D eigenvalue weighted by Crippen LogP contribution is -1.89. The van der Waals surface area contributed by atoms with Gasteiger partial charge in [0.15, 0.2) is 5.58 Å². The maximum Gasteiger partial charge on any atom is 0.263 e. The standard InChI is InChI=1S/C18H19NO2/c1-11(2)16-10-14-5-6-19-18(17(14)21-16)20-15-8-12(3)7-13(4)9-15/h5-11H,1-4H3. The largest absolute Gasteiger partial charge is 0.455 e. The Kier molecular flexibility index (Phi) is 3.42. The van der Waals surface area contributed by atoms with Crippen molar-refractivity contribution in [1.82, 2.24) is 4.98 Å². The van der Waals surface area contributed by atoms with Gasteiger partial charge in [-0.05, 0) is 49.2 Å². The number of aryl methyl sites for hydroxylation is 2. The molecule has 0 bridgehead atoms. The summed E-state index contributed by atoms with van der Waals surface area (Å²) in [6.07, 6.45) is 1.75. The number of rotatable bonds is 3. The molecule has 0 saturated heterocycles. The van der Waals surface area contributed by atoms with Gasteiger partial charge in [0.25, 0.3) is 5.88 Å². The Morgan fingerprint density at radius 2 is 1.76 bits per heavy atom. The highest BCUT2D eigenvalue weighted by atomic mass is 16.5. The monoisotopic (exact) mass is 281 g/mol. The van der Waals surface area contributed by atoms with Gasteiger partial charge in [0.05, 0.1) is 0 Å². The third-order valence-electron chi connectivity index (χ3n) is 3.40. The van der Waals surface area contributed by atoms with E-state index < -0.39 is 0 Å². The molecule has 0 atom stereocenters. The number of fused-ring (bicyclic) bond motifs is 1. The van der Waals surface area contributed by atoms with Gasteiger partial charge in [-0.15, -0.1) is 0 Å². The molecule has 1 aromatic carbocycles. The maximum atomic E-state index is 5.94. The van der Waals surface area contributed by atoms with E-state index in [0.29, 0.717) is 17.4 Å². The number of ether oxygens (including phenoxy) is 1. The highest BCUT2D eigenvalue weighted by molar-refractivity contribution is 5.82. The molecule has 0 unspecified atom stereocenters. The summed E-state index contributed by atoms with van der Waals surface area (Å²) >= 11 is 0. The Morgan fingerprint density at radius 3 is 2.43 bits per heavy atom. The van der Waals surface area contributed by atoms with Crippen molar-refractivity contribution in [3.8, 4) is 11.6 Å². The molecule has 2 aromatic heterocycles. The molecule has 0 spiro atoms. The van der Waals surface area contributed by atoms with Gasteiger partial charge in [0.1, 0.15) is 11.5 Å². The molecular weight excluding hydrogens is 262 g/mol. The third-order valence-corrected chi connectivity index (χ3v) is 3.40. The Labute approximate surface area is 124 Å². The fourth-order valence-corrected chi connectivity index (χ4v) is 2.42. The van der Waals surface area contributed by atoms with Gasteiger partial charge in [0.2, 0.25) is 0 Å². The van der Waals surface area contributed by atoms with Crippen molar-refractivity contribution < 1.29 is 9.15 Å². The van der Waals surface area contributed by atoms with E-state index in [9.17, 15) is 0 Å². The van der Waals surface area contributed by atoms with Crippen LogP contribution in [0.1, 0.15) is 36.7 Å². The topological polar surface area (TPSA) is 35.3 Å². The van der Waals surface area contributed by atoms with Crippen LogP contribution >= 0.6 is 0 Å². The molecule has 0 fully saturated rings. The average molecular weight is 281 g/mol. The first-order chi connectivity index (χ1) is 10.0. The van der Waals surface area contributed by atoms with Gasteiger partial charge in [-0.1, -0.05) is 19.9 Å². The molecule has 0 amide bonds. The second-order valence-electron chi connectivity index (χ2n) is 5.76. The third kappa shape index (κ3) is 2.77. The van der Waals surface area contributed by atoms with Crippen molar-refractivity contribution in [1.29, 1.82) is 0 Å². The first-order valence-electron chi connectivity index (χ1n) is 7.17. The SMILES string of the molecule is Cc1cc(C)cc(Oc2nccc3cc(C(C)C)oc23)c1. The lowest BCUT2D eigenvalue weighted by molar-refractivity contribution is 0.444. The second-order valence-corrected chi connectivity index (χ2v) is 5.76. The van der Waals surface area contributed by atoms with Crippen molar-refractivity contribution in [2.24, 2.45) is 0 Å². The molecule has 0 aliphatic carbocycles. The van der Waals surface area contributed by atoms with Crippen molar-refractivity contribution in [2.45, 2.75) is 33.6 Å². The molecule has 0 aliphatic rings. The molecule has 3 heteroatoms. The highest BCUT2D eigenvalue weighted by Gasteiger charge is 2.13. The summed E-state index contributed by atoms with van der Waals surface area (Å²) in [6, 6.07) is 10.1. The summed E-state index contributed by atoms with van der Waals surface area (Å²) in [4.78, 5) is 4.32. The van der Waals surface area contributed by atoms with Crippen LogP contribution in [-0.4, -0.2) is 4.98 Å². The van der Waals surface area contributed by atoms with Crippen LogP contribution in [0.3, 0.4) is 0 Å². The quantitative estimate of drug-likeness (QED) is 0.648. The van der Waals surface area contributed by atoms with Crippen LogP contribution in [0.5, 0.6) is 11.6 Å². The first-order valence-corrected chi connectivity index (χ1v) is 7.17. The van der Waals surface area contributed by atoms with Crippen LogP contribution in [0, 0.1) is 13.8 Å². The van der Waals surface area contributed by atoms with Crippen molar-refractivity contribution >= 4 is 11.0 Å². The molecule has 3 aromatic rings. The highest BCUT2D eigenvalue weighted by Crippen LogP contribution is 2.32. The number of hydrogen-bond donors (Lipinski definition) is 0. The summed E-state index contributed by atoms with van der Waals surface area (Å²) in [5.41, 5.74) is 3.04. The number of benzene rings is 1. The summed E-state index contributed by atoms with van der Waals surface area (Å²) in [7, 11) is 0. The van der Waals surface area contributed by atoms with Crippen LogP contribution in [0.15, 0.2) is 40.9 Å². The Bertz CT molecular complexity index is 767. The van der Waals surface area contributed by atoms with E-state index in [1.807, 2.05) is 18.2 Å². The minimum Gasteiger partial charge on any atom is -0.455 e. The molecule has 0 N–H and O–H groups in total. The lowest BCUT2D eigenvalue weighted by Gasteiger charge is -2.07. The van der Waals surface area contributed by atoms with E-state index in [4.69, 9.17) is 9.15 Å². The van der Waals surface area contributed by atoms with Crippen molar-refractivity contribution in [3.05, 3.63) is 53.4 Å². The van der Waals surface area contributed by atoms with Gasteiger partial charge < -0.3 is 9.15 Å². The van der Waals surface area contributed by atoms with Crippen LogP contribution in [-0.2, 0) is 0 Å². The Hall–Kier alpha value is -2.29. The molecule has 21 heavy (non-hydrogen) atoms. The number of aromatic nitrogens is 1. The maximum absolute atomic E-state index is 5.94. The van der Waals surface area contributed by atoms with E-state index >= 15 is 0 Å². The predicted molar refractivity (Wildman–Crippen MR) is 84.1 cm³/mol. The van der Waals surface area contributed by atoms with Gasteiger partial charge in [0, 0.05) is 17.5 Å². The summed E-state index contributed by atoms with van der Waals surface area (Å²) in [6.45, 7) is 8.32. The molecule has 0 aliphatic heterocycles. The Balaban J connectivity index is 2.03. The minimum absolute atomic E-state index is 0.339. The van der Waals surface area contributed by atoms with Crippen LogP contribution in [0.25, 0.3) is 11.0 Å². The Morgan fingerprint density at radius 1 is 1.05 bits per heavy atom. The summed E-state index contributed by atoms with van der Waals surface area (Å²) < 4.78 is 11.8. The fourth-order valence-electron chi connectivity index (χ4n) is 2.42. The minimum atomic E-state index is 0.339. The number of pyridine rings is 1. The van der Waals surface area contributed by atoms with Crippen LogP contribution in [0.4, 0.5) is 0 Å². The molecule has 3 rings (SSSR count). The molecular formula is C18H19NO2. The van der Waals surface area contributed by atoms with Gasteiger partial charge in [-0.3, -0.25) is 0 Å². The molecule has 2 heterocycles. The van der Waals surface area contributed by atoms with Crippen molar-refractivity contribution in [2.75, 3.05) is 0 Å². The van der Waals surface area contributed by atoms with E-state index in [1.165, 1.54) is 11.1 Å².